The van der Waals surface area contributed by atoms with E-state index in [2.05, 4.69) is 83.6 Å². The van der Waals surface area contributed by atoms with Crippen LogP contribution in [0.1, 0.15) is 72.8 Å². The molecule has 6 aromatic rings. The summed E-state index contributed by atoms with van der Waals surface area (Å²) in [5, 5.41) is 17.4. The molecule has 0 spiro atoms. The van der Waals surface area contributed by atoms with Gasteiger partial charge in [0.2, 0.25) is 0 Å². The summed E-state index contributed by atoms with van der Waals surface area (Å²) in [4.78, 5) is 22.4. The topological polar surface area (TPSA) is 63.1 Å². The minimum atomic E-state index is -0.337. The first kappa shape index (κ1) is 35.4. The molecular weight excluding hydrogens is 765 g/mol. The number of aryl methyl sites for hydroxylation is 1. The van der Waals surface area contributed by atoms with E-state index in [-0.39, 0.29) is 42.5 Å². The van der Waals surface area contributed by atoms with Crippen molar-refractivity contribution in [2.75, 3.05) is 0 Å². The molecule has 241 valence electrons. The van der Waals surface area contributed by atoms with Crippen molar-refractivity contribution < 1.29 is 30.0 Å². The standard InChI is InChI=1S/C25H15N2S.C15H28O2.Ir/c1-15-6-7-18-12-21-22(13-20(18)10-15)28-25-23(21)24(26-14-27-25)19-9-8-16-4-2-3-5-17(16)11-19;1-7-14(5,8-2)12(16)11-13(17)15(6,9-3)10-4;/h2-8,10-14H,1H3;11,16H,7-10H2,1-6H3;/q-1;;/b;12-11-;. The van der Waals surface area contributed by atoms with E-state index >= 15 is 0 Å². The van der Waals surface area contributed by atoms with Gasteiger partial charge >= 0.3 is 0 Å². The summed E-state index contributed by atoms with van der Waals surface area (Å²) in [7, 11) is 0. The third-order valence-electron chi connectivity index (χ3n) is 9.92. The molecule has 0 aliphatic heterocycles. The molecule has 0 aliphatic rings. The second-order valence-electron chi connectivity index (χ2n) is 12.6. The molecule has 0 saturated heterocycles. The molecule has 6 heteroatoms. The van der Waals surface area contributed by atoms with Gasteiger partial charge in [-0.1, -0.05) is 95.0 Å². The van der Waals surface area contributed by atoms with Crippen molar-refractivity contribution in [1.82, 2.24) is 9.97 Å². The largest absolute Gasteiger partial charge is 0.512 e. The van der Waals surface area contributed by atoms with Crippen LogP contribution in [0.15, 0.2) is 84.9 Å². The minimum Gasteiger partial charge on any atom is -0.512 e. The number of nitrogens with zero attached hydrogens (tertiary/aromatic N) is 2. The predicted molar refractivity (Wildman–Crippen MR) is 192 cm³/mol. The van der Waals surface area contributed by atoms with Crippen LogP contribution in [0.4, 0.5) is 0 Å². The summed E-state index contributed by atoms with van der Waals surface area (Å²) < 4.78 is 1.25. The Balaban J connectivity index is 0.000000234. The Kier molecular flexibility index (Phi) is 11.2. The van der Waals surface area contributed by atoms with Gasteiger partial charge in [-0.3, -0.25) is 9.78 Å². The van der Waals surface area contributed by atoms with Crippen LogP contribution in [-0.4, -0.2) is 20.9 Å². The number of hydrogen-bond acceptors (Lipinski definition) is 5. The van der Waals surface area contributed by atoms with Crippen molar-refractivity contribution in [2.45, 2.75) is 74.1 Å². The zero-order valence-electron chi connectivity index (χ0n) is 27.8. The van der Waals surface area contributed by atoms with E-state index in [9.17, 15) is 9.90 Å². The molecule has 0 atom stereocenters. The molecule has 4 nitrogen and oxygen atoms in total. The zero-order chi connectivity index (χ0) is 32.4. The van der Waals surface area contributed by atoms with E-state index in [1.807, 2.05) is 47.6 Å². The van der Waals surface area contributed by atoms with Crippen molar-refractivity contribution >= 4 is 59.0 Å². The van der Waals surface area contributed by atoms with Crippen LogP contribution < -0.4 is 0 Å². The van der Waals surface area contributed by atoms with Gasteiger partial charge in [-0.05, 0) is 60.9 Å². The van der Waals surface area contributed by atoms with E-state index in [0.717, 1.165) is 47.2 Å². The number of ketones is 1. The van der Waals surface area contributed by atoms with E-state index in [1.54, 1.807) is 17.7 Å². The molecule has 6 rings (SSSR count). The molecule has 0 amide bonds. The SMILES string of the molecule is CCC(C)(CC)C(=O)/C=C(\O)C(C)(CC)CC.Cc1ccc2cc3c(cc2c1)sc1ncnc(-c2[c-]cc4ccccc4c2)c13.[Ir]. The Morgan fingerprint density at radius 2 is 1.50 bits per heavy atom. The number of rotatable bonds is 8. The zero-order valence-corrected chi connectivity index (χ0v) is 31.0. The molecule has 46 heavy (non-hydrogen) atoms. The number of aliphatic hydroxyl groups is 1. The van der Waals surface area contributed by atoms with Crippen molar-refractivity contribution in [3.8, 4) is 11.3 Å². The number of hydrogen-bond donors (Lipinski definition) is 1. The molecule has 0 saturated carbocycles. The van der Waals surface area contributed by atoms with E-state index < -0.39 is 0 Å². The third kappa shape index (κ3) is 6.95. The number of carbonyl (C=O) groups is 1. The van der Waals surface area contributed by atoms with E-state index in [1.165, 1.54) is 43.3 Å². The summed E-state index contributed by atoms with van der Waals surface area (Å²) in [5.41, 5.74) is 2.64. The Morgan fingerprint density at radius 1 is 0.848 bits per heavy atom. The number of benzene rings is 4. The van der Waals surface area contributed by atoms with Gasteiger partial charge in [-0.25, -0.2) is 4.98 Å². The van der Waals surface area contributed by atoms with E-state index in [4.69, 9.17) is 0 Å². The molecule has 2 heterocycles. The van der Waals surface area contributed by atoms with Crippen molar-refractivity contribution in [3.05, 3.63) is 96.5 Å². The van der Waals surface area contributed by atoms with Crippen molar-refractivity contribution in [2.24, 2.45) is 10.8 Å². The normalized spacial score (nSPS) is 12.3. The molecule has 0 unspecified atom stereocenters. The molecule has 2 aromatic heterocycles. The molecule has 0 fully saturated rings. The van der Waals surface area contributed by atoms with Gasteiger partial charge in [0, 0.05) is 52.8 Å². The maximum atomic E-state index is 12.2. The fourth-order valence-electron chi connectivity index (χ4n) is 5.62. The smallest absolute Gasteiger partial charge is 0.164 e. The average Bonchev–Trinajstić information content (AvgIpc) is 3.43. The number of thiophene rings is 1. The van der Waals surface area contributed by atoms with Crippen LogP contribution in [0, 0.1) is 23.8 Å². The first-order valence-corrected chi connectivity index (χ1v) is 16.8. The van der Waals surface area contributed by atoms with Crippen LogP contribution in [-0.2, 0) is 24.9 Å². The Bertz CT molecular complexity index is 2040. The molecule has 0 bridgehead atoms. The summed E-state index contributed by atoms with van der Waals surface area (Å²) in [6, 6.07) is 27.2. The number of allylic oxidation sites excluding steroid dienone is 2. The van der Waals surface area contributed by atoms with Crippen LogP contribution in [0.25, 0.3) is 53.1 Å². The fourth-order valence-corrected chi connectivity index (χ4v) is 6.69. The minimum absolute atomic E-state index is 0. The Hall–Kier alpha value is -3.44. The molecule has 1 radical (unpaired) electrons. The molecule has 0 aliphatic carbocycles. The van der Waals surface area contributed by atoms with Gasteiger partial charge < -0.3 is 5.11 Å². The fraction of sp³-hybridized carbons (Fsp3) is 0.325. The molecular formula is C40H43IrN2O2S-. The van der Waals surface area contributed by atoms with Crippen LogP contribution >= 0.6 is 11.3 Å². The van der Waals surface area contributed by atoms with Gasteiger partial charge in [0.25, 0.3) is 0 Å². The Labute approximate surface area is 290 Å². The first-order valence-electron chi connectivity index (χ1n) is 16.0. The van der Waals surface area contributed by atoms with Crippen LogP contribution in [0.5, 0.6) is 0 Å². The van der Waals surface area contributed by atoms with Crippen LogP contribution in [0.3, 0.4) is 0 Å². The van der Waals surface area contributed by atoms with Crippen molar-refractivity contribution in [3.63, 3.8) is 0 Å². The van der Waals surface area contributed by atoms with Crippen molar-refractivity contribution in [1.29, 1.82) is 0 Å². The van der Waals surface area contributed by atoms with Gasteiger partial charge in [0.15, 0.2) is 5.78 Å². The summed E-state index contributed by atoms with van der Waals surface area (Å²) in [6.07, 6.45) is 6.42. The average molecular weight is 808 g/mol. The Morgan fingerprint density at radius 3 is 2.17 bits per heavy atom. The van der Waals surface area contributed by atoms with Gasteiger partial charge in [-0.15, -0.1) is 40.5 Å². The quantitative estimate of drug-likeness (QED) is 0.0945. The summed E-state index contributed by atoms with van der Waals surface area (Å²) in [5.74, 6) is 0.286. The van der Waals surface area contributed by atoms with Gasteiger partial charge in [0.05, 0.1) is 0 Å². The predicted octanol–water partition coefficient (Wildman–Crippen LogP) is 11.6. The number of aliphatic hydroxyl groups excluding tert-OH is 1. The maximum Gasteiger partial charge on any atom is 0.164 e. The van der Waals surface area contributed by atoms with Gasteiger partial charge in [0.1, 0.15) is 16.9 Å². The van der Waals surface area contributed by atoms with E-state index in [0.29, 0.717) is 0 Å². The third-order valence-corrected chi connectivity index (χ3v) is 11.0. The van der Waals surface area contributed by atoms with Gasteiger partial charge in [-0.2, -0.15) is 0 Å². The number of fused-ring (bicyclic) bond motifs is 5. The summed E-state index contributed by atoms with van der Waals surface area (Å²) >= 11 is 1.73. The number of aromatic nitrogens is 2. The monoisotopic (exact) mass is 808 g/mol. The molecule has 4 aromatic carbocycles. The maximum absolute atomic E-state index is 12.2. The molecule has 1 N–H and O–H groups in total. The van der Waals surface area contributed by atoms with Crippen LogP contribution in [0.2, 0.25) is 0 Å². The second-order valence-corrected chi connectivity index (χ2v) is 13.6. The second kappa shape index (κ2) is 14.5. The number of carbonyl (C=O) groups excluding carboxylic acids is 1. The first-order chi connectivity index (χ1) is 21.6. The summed E-state index contributed by atoms with van der Waals surface area (Å²) in [6.45, 7) is 14.2.